The van der Waals surface area contributed by atoms with E-state index in [2.05, 4.69) is 65.6 Å². The Bertz CT molecular complexity index is 571. The van der Waals surface area contributed by atoms with Gasteiger partial charge in [-0.3, -0.25) is 4.90 Å². The van der Waals surface area contributed by atoms with Crippen molar-refractivity contribution in [3.63, 3.8) is 0 Å². The fraction of sp³-hybridized carbons (Fsp3) is 0.429. The van der Waals surface area contributed by atoms with Gasteiger partial charge in [-0.1, -0.05) is 67.1 Å². The summed E-state index contributed by atoms with van der Waals surface area (Å²) in [7, 11) is 0. The van der Waals surface area contributed by atoms with Crippen molar-refractivity contribution in [2.45, 2.75) is 44.6 Å². The largest absolute Gasteiger partial charge is 0.369 e. The molecule has 0 aromatic heterocycles. The van der Waals surface area contributed by atoms with Gasteiger partial charge in [0.05, 0.1) is 12.2 Å². The van der Waals surface area contributed by atoms with Gasteiger partial charge in [-0.15, -0.1) is 0 Å². The molecule has 4 rings (SSSR count). The first-order valence-corrected chi connectivity index (χ1v) is 8.84. The van der Waals surface area contributed by atoms with Crippen LogP contribution in [0.3, 0.4) is 0 Å². The number of ether oxygens (including phenoxy) is 1. The highest BCUT2D eigenvalue weighted by molar-refractivity contribution is 5.17. The molecule has 0 spiro atoms. The molecular weight excluding hydrogens is 282 g/mol. The second-order valence-electron chi connectivity index (χ2n) is 6.97. The van der Waals surface area contributed by atoms with Crippen molar-refractivity contribution < 1.29 is 4.74 Å². The van der Waals surface area contributed by atoms with Crippen LogP contribution in [0, 0.1) is 5.92 Å². The maximum absolute atomic E-state index is 5.87. The van der Waals surface area contributed by atoms with Crippen LogP contribution in [0.2, 0.25) is 0 Å². The first-order chi connectivity index (χ1) is 11.4. The van der Waals surface area contributed by atoms with Crippen LogP contribution < -0.4 is 0 Å². The van der Waals surface area contributed by atoms with Gasteiger partial charge in [0, 0.05) is 25.6 Å². The van der Waals surface area contributed by atoms with Gasteiger partial charge in [-0.2, -0.15) is 0 Å². The van der Waals surface area contributed by atoms with Gasteiger partial charge < -0.3 is 4.74 Å². The minimum absolute atomic E-state index is 0.540. The van der Waals surface area contributed by atoms with Crippen LogP contribution in [0.25, 0.3) is 0 Å². The summed E-state index contributed by atoms with van der Waals surface area (Å²) < 4.78 is 5.87. The number of rotatable bonds is 6. The maximum Gasteiger partial charge on any atom is 0.0882 e. The number of fused-ring (bicyclic) bond motifs is 1. The lowest BCUT2D eigenvalue weighted by molar-refractivity contribution is 0.182. The van der Waals surface area contributed by atoms with Crippen molar-refractivity contribution in [2.75, 3.05) is 6.54 Å². The summed E-state index contributed by atoms with van der Waals surface area (Å²) in [6.07, 6.45) is 5.04. The fourth-order valence-corrected chi connectivity index (χ4v) is 3.94. The molecule has 1 heterocycles. The molecule has 1 saturated heterocycles. The average molecular weight is 307 g/mol. The Balaban J connectivity index is 1.46. The van der Waals surface area contributed by atoms with E-state index < -0.39 is 0 Å². The van der Waals surface area contributed by atoms with Crippen LogP contribution in [0.15, 0.2) is 60.7 Å². The van der Waals surface area contributed by atoms with Gasteiger partial charge in [0.25, 0.3) is 0 Å². The van der Waals surface area contributed by atoms with Crippen molar-refractivity contribution in [2.24, 2.45) is 5.92 Å². The summed E-state index contributed by atoms with van der Waals surface area (Å²) in [6.45, 7) is 3.18. The lowest BCUT2D eigenvalue weighted by atomic mass is 9.88. The van der Waals surface area contributed by atoms with E-state index in [1.54, 1.807) is 0 Å². The van der Waals surface area contributed by atoms with E-state index in [-0.39, 0.29) is 0 Å². The molecule has 0 radical (unpaired) electrons. The molecule has 2 fully saturated rings. The molecular formula is C21H25NO. The number of hydrogen-bond acceptors (Lipinski definition) is 2. The minimum atomic E-state index is 0.540. The van der Waals surface area contributed by atoms with Gasteiger partial charge in [0.15, 0.2) is 0 Å². The Labute approximate surface area is 139 Å². The van der Waals surface area contributed by atoms with Crippen LogP contribution >= 0.6 is 0 Å². The predicted molar refractivity (Wildman–Crippen MR) is 93.0 cm³/mol. The van der Waals surface area contributed by atoms with E-state index in [0.29, 0.717) is 18.1 Å². The molecule has 0 unspecified atom stereocenters. The molecule has 1 aliphatic heterocycles. The Hall–Kier alpha value is -1.64. The summed E-state index contributed by atoms with van der Waals surface area (Å²) in [5.41, 5.74) is 2.79. The van der Waals surface area contributed by atoms with Crippen molar-refractivity contribution in [1.29, 1.82) is 0 Å². The number of hydrogen-bond donors (Lipinski definition) is 0. The molecule has 0 amide bonds. The molecule has 2 nitrogen and oxygen atoms in total. The summed E-state index contributed by atoms with van der Waals surface area (Å²) >= 11 is 0. The van der Waals surface area contributed by atoms with Crippen LogP contribution in [0.5, 0.6) is 0 Å². The monoisotopic (exact) mass is 307 g/mol. The Morgan fingerprint density at radius 2 is 1.43 bits per heavy atom. The van der Waals surface area contributed by atoms with Crippen LogP contribution in [-0.4, -0.2) is 23.7 Å². The topological polar surface area (TPSA) is 15.8 Å². The van der Waals surface area contributed by atoms with Crippen LogP contribution in [-0.2, 0) is 17.8 Å². The first-order valence-electron chi connectivity index (χ1n) is 8.84. The summed E-state index contributed by atoms with van der Waals surface area (Å²) in [5, 5.41) is 0. The zero-order valence-corrected chi connectivity index (χ0v) is 13.6. The van der Waals surface area contributed by atoms with E-state index >= 15 is 0 Å². The van der Waals surface area contributed by atoms with Gasteiger partial charge in [0.2, 0.25) is 0 Å². The zero-order chi connectivity index (χ0) is 15.5. The van der Waals surface area contributed by atoms with Crippen LogP contribution in [0.4, 0.5) is 0 Å². The van der Waals surface area contributed by atoms with Crippen molar-refractivity contribution in [3.8, 4) is 0 Å². The quantitative estimate of drug-likeness (QED) is 0.741. The number of benzene rings is 2. The van der Waals surface area contributed by atoms with Gasteiger partial charge in [0.1, 0.15) is 0 Å². The number of nitrogens with zero attached hydrogens (tertiary/aromatic N) is 1. The maximum atomic E-state index is 5.87. The fourth-order valence-electron chi connectivity index (χ4n) is 3.94. The molecule has 0 N–H and O–H groups in total. The summed E-state index contributed by atoms with van der Waals surface area (Å²) in [5.74, 6) is 0.709. The molecule has 3 atom stereocenters. The third kappa shape index (κ3) is 3.82. The highest BCUT2D eigenvalue weighted by Gasteiger charge is 2.47. The summed E-state index contributed by atoms with van der Waals surface area (Å²) in [4.78, 5) is 2.60. The normalized spacial score (nSPS) is 26.0. The Kier molecular flexibility index (Phi) is 4.45. The molecule has 23 heavy (non-hydrogen) atoms. The molecule has 1 saturated carbocycles. The smallest absolute Gasteiger partial charge is 0.0882 e. The van der Waals surface area contributed by atoms with Gasteiger partial charge in [-0.25, -0.2) is 0 Å². The molecule has 120 valence electrons. The lowest BCUT2D eigenvalue weighted by Crippen LogP contribution is -2.33. The SMILES string of the molecule is c1ccc(CN(Cc2ccccc2)C[C@@H]2CCC[C@@H]3O[C@H]23)cc1. The first kappa shape index (κ1) is 14.9. The Morgan fingerprint density at radius 3 is 2.04 bits per heavy atom. The Morgan fingerprint density at radius 1 is 0.826 bits per heavy atom. The standard InChI is InChI=1S/C21H25NO/c1-3-8-17(9-4-1)14-22(15-18-10-5-2-6-11-18)16-19-12-7-13-20-21(19)23-20/h1-6,8-11,19-21H,7,12-16H2/t19-,20-,21+/m0/s1. The van der Waals surface area contributed by atoms with Crippen molar-refractivity contribution >= 4 is 0 Å². The second kappa shape index (κ2) is 6.86. The van der Waals surface area contributed by atoms with E-state index in [1.807, 2.05) is 0 Å². The molecule has 2 aromatic carbocycles. The number of epoxide rings is 1. The van der Waals surface area contributed by atoms with Crippen LogP contribution in [0.1, 0.15) is 30.4 Å². The second-order valence-corrected chi connectivity index (χ2v) is 6.97. The van der Waals surface area contributed by atoms with Gasteiger partial charge >= 0.3 is 0 Å². The van der Waals surface area contributed by atoms with Crippen molar-refractivity contribution in [3.05, 3.63) is 71.8 Å². The average Bonchev–Trinajstić information content (AvgIpc) is 3.37. The van der Waals surface area contributed by atoms with Crippen molar-refractivity contribution in [1.82, 2.24) is 4.90 Å². The summed E-state index contributed by atoms with van der Waals surface area (Å²) in [6, 6.07) is 21.7. The van der Waals surface area contributed by atoms with E-state index in [4.69, 9.17) is 4.74 Å². The van der Waals surface area contributed by atoms with Gasteiger partial charge in [-0.05, 0) is 24.0 Å². The van der Waals surface area contributed by atoms with E-state index in [1.165, 1.54) is 30.4 Å². The highest BCUT2D eigenvalue weighted by atomic mass is 16.6. The third-order valence-corrected chi connectivity index (χ3v) is 5.14. The third-order valence-electron chi connectivity index (χ3n) is 5.14. The minimum Gasteiger partial charge on any atom is -0.369 e. The molecule has 2 aliphatic rings. The van der Waals surface area contributed by atoms with E-state index in [0.717, 1.165) is 19.6 Å². The molecule has 2 aromatic rings. The van der Waals surface area contributed by atoms with E-state index in [9.17, 15) is 0 Å². The molecule has 1 aliphatic carbocycles. The lowest BCUT2D eigenvalue weighted by Gasteiger charge is -2.28. The zero-order valence-electron chi connectivity index (χ0n) is 13.6. The highest BCUT2D eigenvalue weighted by Crippen LogP contribution is 2.41. The predicted octanol–water partition coefficient (Wildman–Crippen LogP) is 4.26. The molecule has 2 heteroatoms. The molecule has 0 bridgehead atoms.